The van der Waals surface area contributed by atoms with Gasteiger partial charge in [-0.25, -0.2) is 0 Å². The van der Waals surface area contributed by atoms with E-state index in [1.807, 2.05) is 13.8 Å². The third-order valence-electron chi connectivity index (χ3n) is 6.23. The highest BCUT2D eigenvalue weighted by Crippen LogP contribution is 2.19. The van der Waals surface area contributed by atoms with Crippen LogP contribution in [-0.2, 0) is 14.3 Å². The zero-order chi connectivity index (χ0) is 24.8. The van der Waals surface area contributed by atoms with Crippen LogP contribution in [0.2, 0.25) is 0 Å². The van der Waals surface area contributed by atoms with E-state index in [0.717, 1.165) is 25.7 Å². The highest BCUT2D eigenvalue weighted by atomic mass is 16.5. The molecule has 0 aromatic heterocycles. The van der Waals surface area contributed by atoms with E-state index in [2.05, 4.69) is 12.2 Å². The van der Waals surface area contributed by atoms with Crippen molar-refractivity contribution in [3.63, 3.8) is 0 Å². The highest BCUT2D eigenvalue weighted by Gasteiger charge is 2.35. The van der Waals surface area contributed by atoms with Gasteiger partial charge in [0.05, 0.1) is 19.1 Å². The third-order valence-corrected chi connectivity index (χ3v) is 6.23. The second-order valence-electron chi connectivity index (χ2n) is 9.07. The van der Waals surface area contributed by atoms with Crippen LogP contribution in [0.3, 0.4) is 0 Å². The Morgan fingerprint density at radius 2 is 1.68 bits per heavy atom. The SMILES string of the molecule is CCCCCCCCCCOC(=O)CC1C(=O)NCCN1C(=O)c1ccc(OC(C)CC)cc1. The Kier molecular flexibility index (Phi) is 12.5. The molecule has 2 rings (SSSR count). The molecule has 190 valence electrons. The second-order valence-corrected chi connectivity index (χ2v) is 9.07. The van der Waals surface area contributed by atoms with Gasteiger partial charge in [0.15, 0.2) is 0 Å². The first kappa shape index (κ1) is 27.7. The van der Waals surface area contributed by atoms with Crippen LogP contribution in [0.15, 0.2) is 24.3 Å². The maximum absolute atomic E-state index is 13.1. The van der Waals surface area contributed by atoms with Crippen LogP contribution in [0.1, 0.15) is 95.3 Å². The first-order chi connectivity index (χ1) is 16.5. The molecule has 7 heteroatoms. The molecule has 7 nitrogen and oxygen atoms in total. The van der Waals surface area contributed by atoms with Crippen molar-refractivity contribution in [2.45, 2.75) is 97.1 Å². The maximum Gasteiger partial charge on any atom is 0.308 e. The van der Waals surface area contributed by atoms with E-state index in [9.17, 15) is 14.4 Å². The zero-order valence-electron chi connectivity index (χ0n) is 21.1. The number of amides is 2. The third kappa shape index (κ3) is 9.35. The van der Waals surface area contributed by atoms with Crippen LogP contribution < -0.4 is 10.1 Å². The van der Waals surface area contributed by atoms with Crippen LogP contribution in [0.5, 0.6) is 5.75 Å². The summed E-state index contributed by atoms with van der Waals surface area (Å²) >= 11 is 0. The molecule has 2 amide bonds. The Balaban J connectivity index is 1.82. The lowest BCUT2D eigenvalue weighted by Gasteiger charge is -2.34. The van der Waals surface area contributed by atoms with E-state index < -0.39 is 12.0 Å². The van der Waals surface area contributed by atoms with Gasteiger partial charge in [-0.1, -0.05) is 58.8 Å². The molecule has 1 aliphatic rings. The van der Waals surface area contributed by atoms with Gasteiger partial charge in [0, 0.05) is 18.7 Å². The normalized spacial score (nSPS) is 16.6. The van der Waals surface area contributed by atoms with Crippen LogP contribution in [0.4, 0.5) is 0 Å². The monoisotopic (exact) mass is 474 g/mol. The van der Waals surface area contributed by atoms with E-state index in [0.29, 0.717) is 31.0 Å². The van der Waals surface area contributed by atoms with E-state index in [4.69, 9.17) is 9.47 Å². The van der Waals surface area contributed by atoms with Crippen LogP contribution in [0, 0.1) is 0 Å². The summed E-state index contributed by atoms with van der Waals surface area (Å²) in [5, 5.41) is 2.76. The minimum absolute atomic E-state index is 0.0912. The standard InChI is InChI=1S/C27H42N2O5/c1-4-6-7-8-9-10-11-12-19-33-25(30)20-24-26(31)28-17-18-29(24)27(32)22-13-15-23(16-14-22)34-21(3)5-2/h13-16,21,24H,4-12,17-20H2,1-3H3,(H,28,31). The maximum atomic E-state index is 13.1. The van der Waals surface area contributed by atoms with E-state index >= 15 is 0 Å². The molecule has 1 fully saturated rings. The van der Waals surface area contributed by atoms with Crippen molar-refractivity contribution in [1.82, 2.24) is 10.2 Å². The number of piperazine rings is 1. The summed E-state index contributed by atoms with van der Waals surface area (Å²) in [6, 6.07) is 6.06. The van der Waals surface area contributed by atoms with Crippen molar-refractivity contribution in [2.24, 2.45) is 0 Å². The van der Waals surface area contributed by atoms with Gasteiger partial charge in [0.25, 0.3) is 5.91 Å². The number of hydrogen-bond donors (Lipinski definition) is 1. The molecule has 0 bridgehead atoms. The number of benzene rings is 1. The van der Waals surface area contributed by atoms with Crippen molar-refractivity contribution in [3.05, 3.63) is 29.8 Å². The average Bonchev–Trinajstić information content (AvgIpc) is 2.84. The summed E-state index contributed by atoms with van der Waals surface area (Å²) in [4.78, 5) is 39.4. The van der Waals surface area contributed by atoms with Gasteiger partial charge in [-0.05, 0) is 44.0 Å². The van der Waals surface area contributed by atoms with Gasteiger partial charge in [0.1, 0.15) is 11.8 Å². The predicted molar refractivity (Wildman–Crippen MR) is 133 cm³/mol. The summed E-state index contributed by atoms with van der Waals surface area (Å²) in [5.74, 6) is -0.338. The van der Waals surface area contributed by atoms with Gasteiger partial charge >= 0.3 is 5.97 Å². The number of nitrogens with zero attached hydrogens (tertiary/aromatic N) is 1. The summed E-state index contributed by atoms with van der Waals surface area (Å²) in [6.45, 7) is 7.32. The molecule has 1 aromatic rings. The van der Waals surface area contributed by atoms with E-state index in [1.54, 1.807) is 24.3 Å². The Labute approximate surface area is 204 Å². The summed E-state index contributed by atoms with van der Waals surface area (Å²) in [5.41, 5.74) is 0.462. The number of ether oxygens (including phenoxy) is 2. The number of esters is 1. The lowest BCUT2D eigenvalue weighted by molar-refractivity contribution is -0.147. The minimum Gasteiger partial charge on any atom is -0.491 e. The van der Waals surface area contributed by atoms with Crippen LogP contribution >= 0.6 is 0 Å². The number of carbonyl (C=O) groups excluding carboxylic acids is 3. The van der Waals surface area contributed by atoms with Crippen molar-refractivity contribution < 1.29 is 23.9 Å². The van der Waals surface area contributed by atoms with Crippen molar-refractivity contribution in [2.75, 3.05) is 19.7 Å². The molecule has 2 atom stereocenters. The Bertz CT molecular complexity index is 765. The first-order valence-corrected chi connectivity index (χ1v) is 13.0. The van der Waals surface area contributed by atoms with E-state index in [1.165, 1.54) is 37.0 Å². The van der Waals surface area contributed by atoms with Crippen LogP contribution in [-0.4, -0.2) is 54.5 Å². The van der Waals surface area contributed by atoms with Crippen molar-refractivity contribution in [3.8, 4) is 5.75 Å². The fraction of sp³-hybridized carbons (Fsp3) is 0.667. The Hall–Kier alpha value is -2.57. The molecule has 0 aliphatic carbocycles. The molecule has 34 heavy (non-hydrogen) atoms. The largest absolute Gasteiger partial charge is 0.491 e. The molecule has 1 aromatic carbocycles. The summed E-state index contributed by atoms with van der Waals surface area (Å²) < 4.78 is 11.1. The van der Waals surface area contributed by atoms with Crippen LogP contribution in [0.25, 0.3) is 0 Å². The van der Waals surface area contributed by atoms with E-state index in [-0.39, 0.29) is 24.3 Å². The number of carbonyl (C=O) groups is 3. The van der Waals surface area contributed by atoms with Crippen molar-refractivity contribution >= 4 is 17.8 Å². The Morgan fingerprint density at radius 1 is 1.03 bits per heavy atom. The molecule has 1 heterocycles. The molecule has 2 unspecified atom stereocenters. The Morgan fingerprint density at radius 3 is 2.32 bits per heavy atom. The van der Waals surface area contributed by atoms with Gasteiger partial charge in [0.2, 0.25) is 5.91 Å². The summed E-state index contributed by atoms with van der Waals surface area (Å²) in [7, 11) is 0. The quantitative estimate of drug-likeness (QED) is 0.289. The fourth-order valence-corrected chi connectivity index (χ4v) is 3.96. The van der Waals surface area contributed by atoms with Gasteiger partial charge < -0.3 is 19.7 Å². The molecular formula is C27H42N2O5. The number of hydrogen-bond acceptors (Lipinski definition) is 5. The van der Waals surface area contributed by atoms with Gasteiger partial charge in [-0.3, -0.25) is 14.4 Å². The lowest BCUT2D eigenvalue weighted by atomic mass is 10.1. The van der Waals surface area contributed by atoms with Gasteiger partial charge in [-0.2, -0.15) is 0 Å². The highest BCUT2D eigenvalue weighted by molar-refractivity contribution is 5.99. The molecular weight excluding hydrogens is 432 g/mol. The topological polar surface area (TPSA) is 84.9 Å². The lowest BCUT2D eigenvalue weighted by Crippen LogP contribution is -2.57. The first-order valence-electron chi connectivity index (χ1n) is 13.0. The number of rotatable bonds is 15. The smallest absolute Gasteiger partial charge is 0.308 e. The molecule has 0 spiro atoms. The second kappa shape index (κ2) is 15.4. The molecule has 0 saturated carbocycles. The number of nitrogens with one attached hydrogen (secondary N) is 1. The minimum atomic E-state index is -0.858. The predicted octanol–water partition coefficient (Wildman–Crippen LogP) is 4.88. The molecule has 1 aliphatic heterocycles. The molecule has 1 saturated heterocycles. The fourth-order valence-electron chi connectivity index (χ4n) is 3.96. The molecule has 1 N–H and O–H groups in total. The molecule has 0 radical (unpaired) electrons. The zero-order valence-corrected chi connectivity index (χ0v) is 21.1. The number of unbranched alkanes of at least 4 members (excludes halogenated alkanes) is 7. The summed E-state index contributed by atoms with van der Waals surface area (Å²) in [6.07, 6.45) is 10.2. The average molecular weight is 475 g/mol. The van der Waals surface area contributed by atoms with Crippen molar-refractivity contribution in [1.29, 1.82) is 0 Å². The van der Waals surface area contributed by atoms with Gasteiger partial charge in [-0.15, -0.1) is 0 Å².